The topological polar surface area (TPSA) is 110 Å². The number of aromatic nitrogens is 2. The maximum absolute atomic E-state index is 14.9. The number of amides is 1. The number of carbonyl (C=O) groups is 1. The molecule has 2 fully saturated rings. The molecule has 2 aromatic rings. The molecule has 32 heavy (non-hydrogen) atoms. The van der Waals surface area contributed by atoms with Gasteiger partial charge in [-0.2, -0.15) is 0 Å². The molecule has 2 aliphatic rings. The number of nitrogen functional groups attached to an aromatic ring is 1. The minimum Gasteiger partial charge on any atom is -0.394 e. The van der Waals surface area contributed by atoms with Crippen molar-refractivity contribution in [3.63, 3.8) is 0 Å². The van der Waals surface area contributed by atoms with E-state index in [2.05, 4.69) is 15.3 Å². The van der Waals surface area contributed by atoms with Crippen LogP contribution in [0.4, 0.5) is 10.2 Å². The van der Waals surface area contributed by atoms with Crippen LogP contribution in [0.2, 0.25) is 0 Å². The van der Waals surface area contributed by atoms with Gasteiger partial charge in [-0.15, -0.1) is 0 Å². The highest BCUT2D eigenvalue weighted by Crippen LogP contribution is 2.30. The molecule has 4 N–H and O–H groups in total. The summed E-state index contributed by atoms with van der Waals surface area (Å²) in [6.45, 7) is 1.21. The van der Waals surface area contributed by atoms with E-state index < -0.39 is 11.7 Å². The smallest absolute Gasteiger partial charge is 0.254 e. The first-order valence-corrected chi connectivity index (χ1v) is 11.5. The van der Waals surface area contributed by atoms with Crippen molar-refractivity contribution in [2.24, 2.45) is 5.92 Å². The van der Waals surface area contributed by atoms with E-state index in [0.29, 0.717) is 24.5 Å². The van der Waals surface area contributed by atoms with Gasteiger partial charge in [-0.3, -0.25) is 4.79 Å². The third-order valence-electron chi connectivity index (χ3n) is 6.68. The fraction of sp³-hybridized carbons (Fsp3) is 0.542. The van der Waals surface area contributed by atoms with Gasteiger partial charge in [0.2, 0.25) is 0 Å². The molecule has 1 atom stereocenters. The molecule has 0 unspecified atom stereocenters. The van der Waals surface area contributed by atoms with Crippen molar-refractivity contribution >= 4 is 11.7 Å². The van der Waals surface area contributed by atoms with Crippen LogP contribution in [0, 0.1) is 11.7 Å². The number of benzene rings is 1. The molecule has 1 amide bonds. The number of carbonyl (C=O) groups excluding carboxylic acids is 1. The second-order valence-corrected chi connectivity index (χ2v) is 8.77. The summed E-state index contributed by atoms with van der Waals surface area (Å²) in [5.41, 5.74) is 7.68. The summed E-state index contributed by atoms with van der Waals surface area (Å²) in [7, 11) is 0. The Kier molecular flexibility index (Phi) is 7.32. The maximum atomic E-state index is 14.9. The van der Waals surface area contributed by atoms with Gasteiger partial charge in [0, 0.05) is 24.7 Å². The Morgan fingerprint density at radius 1 is 1.22 bits per heavy atom. The molecule has 1 aromatic heterocycles. The lowest BCUT2D eigenvalue weighted by molar-refractivity contribution is 0.0844. The zero-order chi connectivity index (χ0) is 22.5. The fourth-order valence-electron chi connectivity index (χ4n) is 4.76. The molecule has 4 rings (SSSR count). The van der Waals surface area contributed by atoms with Crippen LogP contribution < -0.4 is 11.1 Å². The van der Waals surface area contributed by atoms with Crippen molar-refractivity contribution in [1.29, 1.82) is 0 Å². The Balaban J connectivity index is 1.52. The second kappa shape index (κ2) is 10.4. The lowest BCUT2D eigenvalue weighted by Crippen LogP contribution is -2.43. The van der Waals surface area contributed by atoms with Crippen LogP contribution in [-0.4, -0.2) is 46.8 Å². The van der Waals surface area contributed by atoms with Crippen LogP contribution >= 0.6 is 0 Å². The number of anilines is 1. The van der Waals surface area contributed by atoms with Crippen molar-refractivity contribution in [1.82, 2.24) is 15.3 Å². The van der Waals surface area contributed by atoms with Crippen molar-refractivity contribution in [2.75, 3.05) is 25.6 Å². The highest BCUT2D eigenvalue weighted by Gasteiger charge is 2.26. The highest BCUT2D eigenvalue weighted by atomic mass is 19.1. The van der Waals surface area contributed by atoms with Gasteiger partial charge >= 0.3 is 0 Å². The van der Waals surface area contributed by atoms with Gasteiger partial charge in [0.05, 0.1) is 30.1 Å². The van der Waals surface area contributed by atoms with Gasteiger partial charge in [0.15, 0.2) is 0 Å². The number of halogens is 1. The number of hydrogen-bond donors (Lipinski definition) is 3. The molecule has 0 spiro atoms. The van der Waals surface area contributed by atoms with Crippen LogP contribution in [-0.2, 0) is 4.74 Å². The summed E-state index contributed by atoms with van der Waals surface area (Å²) in [6.07, 6.45) is 8.69. The minimum atomic E-state index is -0.655. The SMILES string of the molecule is Nc1ncc(C2CCOCC2)nc1-c1ccc(C(=O)N[C@H](CO)C2CCCCC2)c(F)c1. The Hall–Kier alpha value is -2.58. The number of nitrogens with zero attached hydrogens (tertiary/aromatic N) is 2. The van der Waals surface area contributed by atoms with Gasteiger partial charge in [0.25, 0.3) is 5.91 Å². The Bertz CT molecular complexity index is 943. The van der Waals surface area contributed by atoms with Crippen LogP contribution in [0.5, 0.6) is 0 Å². The van der Waals surface area contributed by atoms with Gasteiger partial charge in [0.1, 0.15) is 17.3 Å². The van der Waals surface area contributed by atoms with E-state index in [1.54, 1.807) is 12.3 Å². The van der Waals surface area contributed by atoms with Crippen LogP contribution in [0.15, 0.2) is 24.4 Å². The van der Waals surface area contributed by atoms with Crippen molar-refractivity contribution < 1.29 is 19.0 Å². The first kappa shape index (κ1) is 22.6. The summed E-state index contributed by atoms with van der Waals surface area (Å²) >= 11 is 0. The summed E-state index contributed by atoms with van der Waals surface area (Å²) in [4.78, 5) is 21.7. The third kappa shape index (κ3) is 5.07. The molecule has 1 aliphatic heterocycles. The maximum Gasteiger partial charge on any atom is 0.254 e. The van der Waals surface area contributed by atoms with E-state index in [1.165, 1.54) is 18.6 Å². The summed E-state index contributed by atoms with van der Waals surface area (Å²) in [6, 6.07) is 4.00. The monoisotopic (exact) mass is 442 g/mol. The average Bonchev–Trinajstić information content (AvgIpc) is 2.83. The molecule has 2 heterocycles. The Morgan fingerprint density at radius 3 is 2.66 bits per heavy atom. The number of ether oxygens (including phenoxy) is 1. The predicted molar refractivity (Wildman–Crippen MR) is 120 cm³/mol. The molecule has 7 nitrogen and oxygen atoms in total. The number of rotatable bonds is 6. The number of aliphatic hydroxyl groups is 1. The molecule has 1 aromatic carbocycles. The minimum absolute atomic E-state index is 0.0601. The van der Waals surface area contributed by atoms with Gasteiger partial charge < -0.3 is 20.9 Å². The van der Waals surface area contributed by atoms with Crippen molar-refractivity contribution in [2.45, 2.75) is 56.9 Å². The molecule has 1 aliphatic carbocycles. The molecular weight excluding hydrogens is 411 g/mol. The quantitative estimate of drug-likeness (QED) is 0.632. The Morgan fingerprint density at radius 2 is 1.97 bits per heavy atom. The predicted octanol–water partition coefficient (Wildman–Crippen LogP) is 3.43. The van der Waals surface area contributed by atoms with Crippen LogP contribution in [0.3, 0.4) is 0 Å². The summed E-state index contributed by atoms with van der Waals surface area (Å²) in [5.74, 6) is -0.495. The zero-order valence-corrected chi connectivity index (χ0v) is 18.2. The number of aliphatic hydroxyl groups excluding tert-OH is 1. The zero-order valence-electron chi connectivity index (χ0n) is 18.2. The van der Waals surface area contributed by atoms with Crippen molar-refractivity contribution in [3.8, 4) is 11.3 Å². The van der Waals surface area contributed by atoms with Crippen molar-refractivity contribution in [3.05, 3.63) is 41.5 Å². The van der Waals surface area contributed by atoms with E-state index in [-0.39, 0.29) is 35.9 Å². The molecule has 8 heteroatoms. The molecule has 1 saturated heterocycles. The Labute approximate surface area is 187 Å². The number of nitrogens with one attached hydrogen (secondary N) is 1. The largest absolute Gasteiger partial charge is 0.394 e. The second-order valence-electron chi connectivity index (χ2n) is 8.77. The van der Waals surface area contributed by atoms with Gasteiger partial charge in [-0.05, 0) is 43.7 Å². The first-order chi connectivity index (χ1) is 15.6. The number of nitrogens with two attached hydrogens (primary N) is 1. The van der Waals surface area contributed by atoms with Gasteiger partial charge in [-0.1, -0.05) is 25.3 Å². The normalized spacial score (nSPS) is 18.9. The van der Waals surface area contributed by atoms with E-state index in [0.717, 1.165) is 44.2 Å². The van der Waals surface area contributed by atoms with Crippen LogP contribution in [0.25, 0.3) is 11.3 Å². The lowest BCUT2D eigenvalue weighted by atomic mass is 9.84. The molecule has 172 valence electrons. The molecule has 1 saturated carbocycles. The van der Waals surface area contributed by atoms with E-state index in [1.807, 2.05) is 0 Å². The highest BCUT2D eigenvalue weighted by molar-refractivity contribution is 5.95. The standard InChI is InChI=1S/C24H31FN4O3/c25-19-12-17(22-23(26)27-13-20(28-22)16-8-10-32-11-9-16)6-7-18(19)24(31)29-21(14-30)15-4-2-1-3-5-15/h6-7,12-13,15-16,21,30H,1-5,8-11,14H2,(H2,26,27)(H,29,31)/t21-/m1/s1. The average molecular weight is 443 g/mol. The molecule has 0 radical (unpaired) electrons. The van der Waals surface area contributed by atoms with E-state index >= 15 is 0 Å². The first-order valence-electron chi connectivity index (χ1n) is 11.5. The fourth-order valence-corrected chi connectivity index (χ4v) is 4.76. The number of hydrogen-bond acceptors (Lipinski definition) is 6. The van der Waals surface area contributed by atoms with Gasteiger partial charge in [-0.25, -0.2) is 14.4 Å². The summed E-state index contributed by atoms with van der Waals surface area (Å²) < 4.78 is 20.4. The van der Waals surface area contributed by atoms with E-state index in [4.69, 9.17) is 10.5 Å². The third-order valence-corrected chi connectivity index (χ3v) is 6.68. The van der Waals surface area contributed by atoms with E-state index in [9.17, 15) is 14.3 Å². The molecule has 0 bridgehead atoms. The molecular formula is C24H31FN4O3. The lowest BCUT2D eigenvalue weighted by Gasteiger charge is -2.29. The summed E-state index contributed by atoms with van der Waals surface area (Å²) in [5, 5.41) is 12.6. The van der Waals surface area contributed by atoms with Crippen LogP contribution in [0.1, 0.15) is 66.9 Å².